The van der Waals surface area contributed by atoms with Crippen LogP contribution in [-0.4, -0.2) is 60.4 Å². The van der Waals surface area contributed by atoms with Crippen LogP contribution in [0, 0.1) is 0 Å². The van der Waals surface area contributed by atoms with Crippen LogP contribution in [0.25, 0.3) is 5.76 Å². The molecule has 31 heavy (non-hydrogen) atoms. The highest BCUT2D eigenvalue weighted by Gasteiger charge is 2.45. The summed E-state index contributed by atoms with van der Waals surface area (Å²) in [5.41, 5.74) is 1.29. The lowest BCUT2D eigenvalue weighted by Gasteiger charge is -2.26. The number of hydrogen-bond donors (Lipinski definition) is 1. The van der Waals surface area contributed by atoms with Gasteiger partial charge in [0.25, 0.3) is 11.7 Å². The molecule has 0 aromatic heterocycles. The Kier molecular flexibility index (Phi) is 7.30. The van der Waals surface area contributed by atoms with Gasteiger partial charge >= 0.3 is 0 Å². The maximum Gasteiger partial charge on any atom is 0.295 e. The van der Waals surface area contributed by atoms with Crippen LogP contribution in [0.3, 0.4) is 0 Å². The highest BCUT2D eigenvalue weighted by molar-refractivity contribution is 9.10. The third-order valence-electron chi connectivity index (χ3n) is 5.01. The zero-order valence-electron chi connectivity index (χ0n) is 17.5. The van der Waals surface area contributed by atoms with E-state index in [4.69, 9.17) is 4.74 Å². The molecule has 0 unspecified atom stereocenters. The number of ketones is 1. The van der Waals surface area contributed by atoms with Crippen molar-refractivity contribution in [2.45, 2.75) is 6.04 Å². The van der Waals surface area contributed by atoms with Crippen molar-refractivity contribution in [2.75, 3.05) is 33.8 Å². The first-order valence-electron chi connectivity index (χ1n) is 9.86. The molecule has 1 amide bonds. The summed E-state index contributed by atoms with van der Waals surface area (Å²) in [6.45, 7) is 4.94. The minimum absolute atomic E-state index is 0.0887. The zero-order valence-corrected chi connectivity index (χ0v) is 19.1. The molecule has 0 bridgehead atoms. The Morgan fingerprint density at radius 2 is 1.81 bits per heavy atom. The van der Waals surface area contributed by atoms with Gasteiger partial charge in [-0.2, -0.15) is 0 Å². The van der Waals surface area contributed by atoms with Gasteiger partial charge in [-0.15, -0.1) is 0 Å². The number of nitrogens with zero attached hydrogens (tertiary/aromatic N) is 2. The maximum absolute atomic E-state index is 13.0. The second-order valence-corrected chi connectivity index (χ2v) is 8.39. The highest BCUT2D eigenvalue weighted by Crippen LogP contribution is 2.39. The van der Waals surface area contributed by atoms with Crippen LogP contribution in [0.2, 0.25) is 0 Å². The third-order valence-corrected chi connectivity index (χ3v) is 5.54. The zero-order chi connectivity index (χ0) is 22.5. The van der Waals surface area contributed by atoms with E-state index in [0.717, 1.165) is 10.0 Å². The smallest absolute Gasteiger partial charge is 0.295 e. The third kappa shape index (κ3) is 5.06. The fraction of sp³-hybridized carbons (Fsp3) is 0.250. The molecule has 1 aliphatic heterocycles. The quantitative estimate of drug-likeness (QED) is 0.265. The van der Waals surface area contributed by atoms with Crippen LogP contribution >= 0.6 is 15.9 Å². The topological polar surface area (TPSA) is 70.1 Å². The van der Waals surface area contributed by atoms with Crippen molar-refractivity contribution in [1.82, 2.24) is 9.80 Å². The van der Waals surface area contributed by atoms with Crippen LogP contribution in [0.5, 0.6) is 5.75 Å². The van der Waals surface area contributed by atoms with E-state index in [1.165, 1.54) is 4.90 Å². The average molecular weight is 485 g/mol. The molecule has 0 spiro atoms. The second-order valence-electron chi connectivity index (χ2n) is 7.47. The first-order valence-corrected chi connectivity index (χ1v) is 10.7. The Morgan fingerprint density at radius 3 is 2.39 bits per heavy atom. The molecule has 1 fully saturated rings. The standard InChI is InChI=1S/C24H25BrN2O4/c1-4-15-31-19-11-7-17(8-12-19)22(28)20-21(16-5-9-18(25)10-6-16)27(14-13-26(2)3)24(30)23(20)29/h4-12,21,28H,1,13-15H2,2-3H3/b22-20+/t21-/m0/s1. The van der Waals surface area contributed by atoms with Gasteiger partial charge in [0, 0.05) is 23.1 Å². The van der Waals surface area contributed by atoms with Crippen molar-refractivity contribution >= 4 is 33.4 Å². The van der Waals surface area contributed by atoms with Crippen LogP contribution in [0.15, 0.2) is 71.2 Å². The van der Waals surface area contributed by atoms with Gasteiger partial charge in [-0.1, -0.05) is 40.7 Å². The number of likely N-dealkylation sites (tertiary alicyclic amines) is 1. The molecule has 1 N–H and O–H groups in total. The number of likely N-dealkylation sites (N-methyl/N-ethyl adjacent to an activating group) is 1. The first-order chi connectivity index (χ1) is 14.8. The first kappa shape index (κ1) is 22.8. The van der Waals surface area contributed by atoms with Crippen LogP contribution in [0.1, 0.15) is 17.2 Å². The Labute approximate surface area is 190 Å². The highest BCUT2D eigenvalue weighted by atomic mass is 79.9. The largest absolute Gasteiger partial charge is 0.507 e. The lowest BCUT2D eigenvalue weighted by molar-refractivity contribution is -0.140. The molecule has 2 aromatic rings. The van der Waals surface area contributed by atoms with E-state index < -0.39 is 17.7 Å². The molecule has 162 valence electrons. The minimum Gasteiger partial charge on any atom is -0.507 e. The van der Waals surface area contributed by atoms with Gasteiger partial charge < -0.3 is 19.6 Å². The molecular formula is C24H25BrN2O4. The summed E-state index contributed by atoms with van der Waals surface area (Å²) in [7, 11) is 3.81. The molecule has 1 saturated heterocycles. The number of ether oxygens (including phenoxy) is 1. The van der Waals surface area contributed by atoms with Crippen molar-refractivity contribution < 1.29 is 19.4 Å². The molecule has 0 aliphatic carbocycles. The Hall–Kier alpha value is -2.90. The number of carbonyl (C=O) groups excluding carboxylic acids is 2. The number of benzene rings is 2. The summed E-state index contributed by atoms with van der Waals surface area (Å²) in [4.78, 5) is 29.3. The maximum atomic E-state index is 13.0. The summed E-state index contributed by atoms with van der Waals surface area (Å²) >= 11 is 3.41. The van der Waals surface area contributed by atoms with E-state index >= 15 is 0 Å². The number of Topliss-reactive ketones (excluding diaryl/α,β-unsaturated/α-hetero) is 1. The Balaban J connectivity index is 2.05. The van der Waals surface area contributed by atoms with E-state index in [1.54, 1.807) is 30.3 Å². The minimum atomic E-state index is -0.684. The molecule has 0 radical (unpaired) electrons. The van der Waals surface area contributed by atoms with Gasteiger partial charge in [0.2, 0.25) is 0 Å². The predicted octanol–water partition coefficient (Wildman–Crippen LogP) is 4.00. The lowest BCUT2D eigenvalue weighted by Crippen LogP contribution is -2.35. The average Bonchev–Trinajstić information content (AvgIpc) is 3.01. The fourth-order valence-corrected chi connectivity index (χ4v) is 3.69. The summed E-state index contributed by atoms with van der Waals surface area (Å²) in [5, 5.41) is 11.1. The van der Waals surface area contributed by atoms with Crippen molar-refractivity contribution in [1.29, 1.82) is 0 Å². The molecule has 7 heteroatoms. The van der Waals surface area contributed by atoms with E-state index in [2.05, 4.69) is 22.5 Å². The van der Waals surface area contributed by atoms with Crippen molar-refractivity contribution in [3.05, 3.63) is 82.4 Å². The van der Waals surface area contributed by atoms with Gasteiger partial charge in [-0.05, 0) is 56.1 Å². The number of carbonyl (C=O) groups is 2. The normalized spacial score (nSPS) is 17.9. The summed E-state index contributed by atoms with van der Waals surface area (Å²) < 4.78 is 6.36. The molecule has 3 rings (SSSR count). The number of aliphatic hydroxyl groups excluding tert-OH is 1. The Morgan fingerprint density at radius 1 is 1.16 bits per heavy atom. The Bertz CT molecular complexity index is 997. The van der Waals surface area contributed by atoms with Gasteiger partial charge in [0.05, 0.1) is 11.6 Å². The predicted molar refractivity (Wildman–Crippen MR) is 124 cm³/mol. The second kappa shape index (κ2) is 9.94. The molecular weight excluding hydrogens is 460 g/mol. The van der Waals surface area contributed by atoms with Crippen molar-refractivity contribution in [2.24, 2.45) is 0 Å². The number of rotatable bonds is 8. The number of hydrogen-bond acceptors (Lipinski definition) is 5. The summed E-state index contributed by atoms with van der Waals surface area (Å²) in [5.74, 6) is -0.875. The number of halogens is 1. The van der Waals surface area contributed by atoms with Crippen LogP contribution in [0.4, 0.5) is 0 Å². The molecule has 1 aliphatic rings. The molecule has 1 heterocycles. The van der Waals surface area contributed by atoms with Gasteiger partial charge in [-0.25, -0.2) is 0 Å². The molecule has 6 nitrogen and oxygen atoms in total. The summed E-state index contributed by atoms with van der Waals surface area (Å²) in [6.07, 6.45) is 1.64. The SMILES string of the molecule is C=CCOc1ccc(/C(O)=C2\C(=O)C(=O)N(CCN(C)C)[C@H]2c2ccc(Br)cc2)cc1. The summed E-state index contributed by atoms with van der Waals surface area (Å²) in [6, 6.07) is 13.5. The van der Waals surface area contributed by atoms with Crippen LogP contribution in [-0.2, 0) is 9.59 Å². The molecule has 1 atom stereocenters. The van der Waals surface area contributed by atoms with Gasteiger partial charge in [0.15, 0.2) is 0 Å². The van der Waals surface area contributed by atoms with Crippen LogP contribution < -0.4 is 4.74 Å². The van der Waals surface area contributed by atoms with Gasteiger partial charge in [0.1, 0.15) is 18.1 Å². The van der Waals surface area contributed by atoms with E-state index in [0.29, 0.717) is 31.0 Å². The van der Waals surface area contributed by atoms with Crippen molar-refractivity contribution in [3.8, 4) is 5.75 Å². The monoisotopic (exact) mass is 484 g/mol. The lowest BCUT2D eigenvalue weighted by atomic mass is 9.95. The molecule has 0 saturated carbocycles. The van der Waals surface area contributed by atoms with Gasteiger partial charge in [-0.3, -0.25) is 9.59 Å². The van der Waals surface area contributed by atoms with E-state index in [-0.39, 0.29) is 11.3 Å². The molecule has 2 aromatic carbocycles. The number of aliphatic hydroxyl groups is 1. The van der Waals surface area contributed by atoms with E-state index in [9.17, 15) is 14.7 Å². The van der Waals surface area contributed by atoms with Crippen molar-refractivity contribution in [3.63, 3.8) is 0 Å². The van der Waals surface area contributed by atoms with E-state index in [1.807, 2.05) is 43.3 Å². The fourth-order valence-electron chi connectivity index (χ4n) is 3.43. The number of amides is 1.